The van der Waals surface area contributed by atoms with Crippen LogP contribution in [0.5, 0.6) is 0 Å². The smallest absolute Gasteiger partial charge is 0.326 e. The van der Waals surface area contributed by atoms with E-state index in [1.54, 1.807) is 0 Å². The van der Waals surface area contributed by atoms with Gasteiger partial charge in [-0.05, 0) is 12.8 Å². The second-order valence-electron chi connectivity index (χ2n) is 3.91. The summed E-state index contributed by atoms with van der Waals surface area (Å²) >= 11 is 0. The molecule has 7 nitrogen and oxygen atoms in total. The summed E-state index contributed by atoms with van der Waals surface area (Å²) in [6.45, 7) is 1.87. The van der Waals surface area contributed by atoms with Crippen LogP contribution in [-0.4, -0.2) is 42.1 Å². The van der Waals surface area contributed by atoms with E-state index in [4.69, 9.17) is 10.8 Å². The number of hydrogen-bond donors (Lipinski definition) is 3. The molecule has 0 heterocycles. The molecule has 0 fully saturated rings. The first-order chi connectivity index (χ1) is 8.42. The molecule has 0 saturated carbocycles. The Morgan fingerprint density at radius 2 is 1.94 bits per heavy atom. The van der Waals surface area contributed by atoms with E-state index in [0.717, 1.165) is 6.42 Å². The van der Waals surface area contributed by atoms with Gasteiger partial charge in [-0.3, -0.25) is 9.59 Å². The Morgan fingerprint density at radius 3 is 2.39 bits per heavy atom. The minimum Gasteiger partial charge on any atom is -0.480 e. The second-order valence-corrected chi connectivity index (χ2v) is 3.91. The first-order valence-electron chi connectivity index (χ1n) is 5.77. The Bertz CT molecular complexity index is 306. The maximum atomic E-state index is 11.5. The van der Waals surface area contributed by atoms with Gasteiger partial charge in [-0.2, -0.15) is 0 Å². The molecule has 0 radical (unpaired) electrons. The second kappa shape index (κ2) is 8.46. The van der Waals surface area contributed by atoms with E-state index < -0.39 is 29.9 Å². The van der Waals surface area contributed by atoms with Gasteiger partial charge in [-0.15, -0.1) is 0 Å². The van der Waals surface area contributed by atoms with Crippen molar-refractivity contribution in [2.24, 2.45) is 5.73 Å². The molecule has 0 rings (SSSR count). The molecule has 4 N–H and O–H groups in total. The largest absolute Gasteiger partial charge is 0.480 e. The average molecular weight is 260 g/mol. The monoisotopic (exact) mass is 260 g/mol. The number of aliphatic carboxylic acids is 1. The standard InChI is InChI=1S/C11H20N2O5/c1-3-4-7(12)10(15)13-8(11(16)17)5-6-9(14)18-2/h7-8H,3-6,12H2,1-2H3,(H,13,15)(H,16,17)/t7-,8?/m0/s1. The van der Waals surface area contributed by atoms with Crippen molar-refractivity contribution in [1.29, 1.82) is 0 Å². The summed E-state index contributed by atoms with van der Waals surface area (Å²) in [5, 5.41) is 11.2. The summed E-state index contributed by atoms with van der Waals surface area (Å²) in [5.74, 6) is -2.24. The minimum absolute atomic E-state index is 0.0212. The number of nitrogens with two attached hydrogens (primary N) is 1. The predicted octanol–water partition coefficient (Wildman–Crippen LogP) is -0.364. The SMILES string of the molecule is CCC[C@H](N)C(=O)NC(CCC(=O)OC)C(=O)O. The van der Waals surface area contributed by atoms with E-state index in [0.29, 0.717) is 6.42 Å². The lowest BCUT2D eigenvalue weighted by Gasteiger charge is -2.17. The molecule has 0 aliphatic carbocycles. The number of methoxy groups -OCH3 is 1. The van der Waals surface area contributed by atoms with Gasteiger partial charge in [0.05, 0.1) is 13.2 Å². The molecule has 0 aromatic heterocycles. The highest BCUT2D eigenvalue weighted by molar-refractivity contribution is 5.87. The highest BCUT2D eigenvalue weighted by Crippen LogP contribution is 2.01. The third-order valence-corrected chi connectivity index (χ3v) is 2.42. The Balaban J connectivity index is 4.31. The molecule has 18 heavy (non-hydrogen) atoms. The van der Waals surface area contributed by atoms with Crippen LogP contribution in [0.2, 0.25) is 0 Å². The summed E-state index contributed by atoms with van der Waals surface area (Å²) in [6.07, 6.45) is 1.12. The van der Waals surface area contributed by atoms with Crippen LogP contribution in [0.15, 0.2) is 0 Å². The third kappa shape index (κ3) is 6.19. The maximum absolute atomic E-state index is 11.5. The van der Waals surface area contributed by atoms with Crippen molar-refractivity contribution in [2.45, 2.75) is 44.7 Å². The third-order valence-electron chi connectivity index (χ3n) is 2.42. The highest BCUT2D eigenvalue weighted by atomic mass is 16.5. The molecule has 0 spiro atoms. The molecule has 0 aliphatic rings. The topological polar surface area (TPSA) is 119 Å². The first-order valence-corrected chi connectivity index (χ1v) is 5.77. The number of carbonyl (C=O) groups is 3. The fourth-order valence-corrected chi connectivity index (χ4v) is 1.34. The molecule has 104 valence electrons. The van der Waals surface area contributed by atoms with Gasteiger partial charge < -0.3 is 20.9 Å². The number of carboxylic acid groups (broad SMARTS) is 1. The molecule has 0 bridgehead atoms. The molecule has 0 aliphatic heterocycles. The van der Waals surface area contributed by atoms with E-state index >= 15 is 0 Å². The van der Waals surface area contributed by atoms with Gasteiger partial charge in [-0.25, -0.2) is 4.79 Å². The molecule has 1 amide bonds. The fourth-order valence-electron chi connectivity index (χ4n) is 1.34. The van der Waals surface area contributed by atoms with Crippen LogP contribution in [-0.2, 0) is 19.1 Å². The number of esters is 1. The number of carbonyl (C=O) groups excluding carboxylic acids is 2. The summed E-state index contributed by atoms with van der Waals surface area (Å²) in [6, 6.07) is -1.85. The Morgan fingerprint density at radius 1 is 1.33 bits per heavy atom. The number of rotatable bonds is 8. The van der Waals surface area contributed by atoms with Crippen molar-refractivity contribution in [1.82, 2.24) is 5.32 Å². The Hall–Kier alpha value is -1.63. The summed E-state index contributed by atoms with van der Waals surface area (Å²) in [4.78, 5) is 33.4. The molecule has 1 unspecified atom stereocenters. The maximum Gasteiger partial charge on any atom is 0.326 e. The van der Waals surface area contributed by atoms with Gasteiger partial charge in [-0.1, -0.05) is 13.3 Å². The molecule has 0 saturated heterocycles. The van der Waals surface area contributed by atoms with Crippen LogP contribution in [0, 0.1) is 0 Å². The van der Waals surface area contributed by atoms with Gasteiger partial charge in [0.2, 0.25) is 5.91 Å². The number of nitrogens with one attached hydrogen (secondary N) is 1. The minimum atomic E-state index is -1.20. The van der Waals surface area contributed by atoms with Crippen LogP contribution in [0.1, 0.15) is 32.6 Å². The Kier molecular flexibility index (Phi) is 7.69. The molecule has 0 aromatic carbocycles. The van der Waals surface area contributed by atoms with Crippen LogP contribution in [0.25, 0.3) is 0 Å². The lowest BCUT2D eigenvalue weighted by Crippen LogP contribution is -2.48. The fraction of sp³-hybridized carbons (Fsp3) is 0.727. The van der Waals surface area contributed by atoms with Gasteiger partial charge in [0.25, 0.3) is 0 Å². The van der Waals surface area contributed by atoms with Crippen LogP contribution in [0.4, 0.5) is 0 Å². The number of amides is 1. The van der Waals surface area contributed by atoms with Crippen molar-refractivity contribution >= 4 is 17.8 Å². The zero-order valence-corrected chi connectivity index (χ0v) is 10.6. The summed E-state index contributed by atoms with van der Waals surface area (Å²) in [7, 11) is 1.22. The van der Waals surface area contributed by atoms with Gasteiger partial charge in [0.1, 0.15) is 6.04 Å². The van der Waals surface area contributed by atoms with Gasteiger partial charge >= 0.3 is 11.9 Å². The van der Waals surface area contributed by atoms with E-state index in [1.807, 2.05) is 6.92 Å². The van der Waals surface area contributed by atoms with E-state index in [-0.39, 0.29) is 12.8 Å². The van der Waals surface area contributed by atoms with Crippen molar-refractivity contribution in [3.63, 3.8) is 0 Å². The zero-order chi connectivity index (χ0) is 14.1. The van der Waals surface area contributed by atoms with Crippen LogP contribution >= 0.6 is 0 Å². The molecule has 7 heteroatoms. The first kappa shape index (κ1) is 16.4. The van der Waals surface area contributed by atoms with Crippen LogP contribution < -0.4 is 11.1 Å². The lowest BCUT2D eigenvalue weighted by atomic mass is 10.1. The number of ether oxygens (including phenoxy) is 1. The normalized spacial score (nSPS) is 13.5. The van der Waals surface area contributed by atoms with E-state index in [1.165, 1.54) is 7.11 Å². The summed E-state index contributed by atoms with van der Waals surface area (Å²) < 4.78 is 4.40. The predicted molar refractivity (Wildman–Crippen MR) is 63.7 cm³/mol. The number of hydrogen-bond acceptors (Lipinski definition) is 5. The van der Waals surface area contributed by atoms with Crippen LogP contribution in [0.3, 0.4) is 0 Å². The van der Waals surface area contributed by atoms with E-state index in [2.05, 4.69) is 10.1 Å². The van der Waals surface area contributed by atoms with Crippen molar-refractivity contribution in [3.05, 3.63) is 0 Å². The number of carboxylic acids is 1. The molecule has 0 aromatic rings. The van der Waals surface area contributed by atoms with Gasteiger partial charge in [0, 0.05) is 6.42 Å². The highest BCUT2D eigenvalue weighted by Gasteiger charge is 2.23. The van der Waals surface area contributed by atoms with Gasteiger partial charge in [0.15, 0.2) is 0 Å². The lowest BCUT2D eigenvalue weighted by molar-refractivity contribution is -0.144. The quantitative estimate of drug-likeness (QED) is 0.513. The molecule has 2 atom stereocenters. The zero-order valence-electron chi connectivity index (χ0n) is 10.6. The summed E-state index contributed by atoms with van der Waals surface area (Å²) in [5.41, 5.74) is 5.56. The average Bonchev–Trinajstić information content (AvgIpc) is 2.33. The van der Waals surface area contributed by atoms with E-state index in [9.17, 15) is 14.4 Å². The molecular weight excluding hydrogens is 240 g/mol. The van der Waals surface area contributed by atoms with Crippen molar-refractivity contribution in [2.75, 3.05) is 7.11 Å². The molecular formula is C11H20N2O5. The Labute approximate surface area is 106 Å². The van der Waals surface area contributed by atoms with Crippen molar-refractivity contribution < 1.29 is 24.2 Å². The van der Waals surface area contributed by atoms with Crippen molar-refractivity contribution in [3.8, 4) is 0 Å².